The number of alkyl halides is 2. The Labute approximate surface area is 156 Å². The van der Waals surface area contributed by atoms with Crippen molar-refractivity contribution in [2.45, 2.75) is 25.2 Å². The van der Waals surface area contributed by atoms with Gasteiger partial charge < -0.3 is 9.64 Å². The van der Waals surface area contributed by atoms with Gasteiger partial charge in [0.2, 0.25) is 0 Å². The van der Waals surface area contributed by atoms with Crippen LogP contribution in [0.5, 0.6) is 5.75 Å². The monoisotopic (exact) mass is 395 g/mol. The number of fused-ring (bicyclic) bond motifs is 1. The van der Waals surface area contributed by atoms with Crippen molar-refractivity contribution in [3.05, 3.63) is 59.2 Å². The van der Waals surface area contributed by atoms with Gasteiger partial charge in [0.15, 0.2) is 9.84 Å². The van der Waals surface area contributed by atoms with Crippen molar-refractivity contribution in [2.75, 3.05) is 17.7 Å². The average molecular weight is 395 g/mol. The topological polar surface area (TPSA) is 63.7 Å². The van der Waals surface area contributed by atoms with E-state index in [2.05, 4.69) is 4.74 Å². The van der Waals surface area contributed by atoms with E-state index in [-0.39, 0.29) is 17.4 Å². The number of amides is 1. The van der Waals surface area contributed by atoms with E-state index in [1.807, 2.05) is 0 Å². The molecule has 0 saturated carbocycles. The van der Waals surface area contributed by atoms with E-state index >= 15 is 0 Å². The second-order valence-corrected chi connectivity index (χ2v) is 8.64. The number of hydrogen-bond donors (Lipinski definition) is 0. The number of sulfone groups is 1. The lowest BCUT2D eigenvalue weighted by atomic mass is 10.00. The molecule has 8 heteroatoms. The fourth-order valence-electron chi connectivity index (χ4n) is 3.21. The first-order valence-corrected chi connectivity index (χ1v) is 10.5. The van der Waals surface area contributed by atoms with Gasteiger partial charge in [0.25, 0.3) is 5.91 Å². The van der Waals surface area contributed by atoms with Gasteiger partial charge in [-0.25, -0.2) is 8.42 Å². The third-order valence-corrected chi connectivity index (χ3v) is 5.10. The molecule has 1 aliphatic rings. The van der Waals surface area contributed by atoms with Gasteiger partial charge in [-0.05, 0) is 54.3 Å². The molecule has 0 aliphatic carbocycles. The van der Waals surface area contributed by atoms with Crippen LogP contribution < -0.4 is 9.64 Å². The molecular weight excluding hydrogens is 376 g/mol. The number of carbonyl (C=O) groups excluding carboxylic acids is 1. The van der Waals surface area contributed by atoms with Crippen LogP contribution in [0.3, 0.4) is 0 Å². The SMILES string of the molecule is CS(=O)(=O)Cc1cccc(C(=O)N2CCCc3cc(OC(F)F)ccc32)c1. The van der Waals surface area contributed by atoms with Gasteiger partial charge in [0.05, 0.1) is 5.75 Å². The molecule has 0 radical (unpaired) electrons. The summed E-state index contributed by atoms with van der Waals surface area (Å²) < 4.78 is 52.2. The smallest absolute Gasteiger partial charge is 0.387 e. The Kier molecular flexibility index (Phi) is 5.46. The first-order valence-electron chi connectivity index (χ1n) is 8.39. The molecule has 0 fully saturated rings. The van der Waals surface area contributed by atoms with E-state index in [1.165, 1.54) is 12.1 Å². The van der Waals surface area contributed by atoms with E-state index in [0.717, 1.165) is 11.8 Å². The Morgan fingerprint density at radius 2 is 2.00 bits per heavy atom. The third kappa shape index (κ3) is 4.82. The number of halogens is 2. The minimum atomic E-state index is -3.21. The van der Waals surface area contributed by atoms with E-state index < -0.39 is 16.4 Å². The normalized spacial score (nSPS) is 14.1. The summed E-state index contributed by atoms with van der Waals surface area (Å²) in [6, 6.07) is 11.1. The van der Waals surface area contributed by atoms with E-state index in [9.17, 15) is 22.0 Å². The van der Waals surface area contributed by atoms with E-state index in [1.54, 1.807) is 35.2 Å². The highest BCUT2D eigenvalue weighted by molar-refractivity contribution is 7.89. The number of aryl methyl sites for hydroxylation is 1. The van der Waals surface area contributed by atoms with E-state index in [4.69, 9.17) is 0 Å². The lowest BCUT2D eigenvalue weighted by Crippen LogP contribution is -2.35. The van der Waals surface area contributed by atoms with Crippen LogP contribution in [-0.2, 0) is 22.0 Å². The molecule has 0 bridgehead atoms. The zero-order chi connectivity index (χ0) is 19.6. The molecule has 2 aromatic rings. The minimum Gasteiger partial charge on any atom is -0.435 e. The zero-order valence-electron chi connectivity index (χ0n) is 14.7. The van der Waals surface area contributed by atoms with Gasteiger partial charge >= 0.3 is 6.61 Å². The summed E-state index contributed by atoms with van der Waals surface area (Å²) in [5, 5.41) is 0. The summed E-state index contributed by atoms with van der Waals surface area (Å²) in [6.07, 6.45) is 2.50. The number of nitrogens with zero attached hydrogens (tertiary/aromatic N) is 1. The van der Waals surface area contributed by atoms with Gasteiger partial charge in [0.1, 0.15) is 5.75 Å². The second kappa shape index (κ2) is 7.64. The van der Waals surface area contributed by atoms with E-state index in [0.29, 0.717) is 36.2 Å². The van der Waals surface area contributed by atoms with Gasteiger partial charge in [-0.15, -0.1) is 0 Å². The molecule has 0 atom stereocenters. The number of anilines is 1. The number of carbonyl (C=O) groups is 1. The molecule has 1 aliphatic heterocycles. The molecule has 2 aromatic carbocycles. The summed E-state index contributed by atoms with van der Waals surface area (Å²) in [4.78, 5) is 14.6. The van der Waals surface area contributed by atoms with Crippen LogP contribution in [0.25, 0.3) is 0 Å². The Bertz CT molecular complexity index is 960. The van der Waals surface area contributed by atoms with Crippen LogP contribution in [0.1, 0.15) is 27.9 Å². The maximum Gasteiger partial charge on any atom is 0.387 e. The van der Waals surface area contributed by atoms with Crippen molar-refractivity contribution in [1.82, 2.24) is 0 Å². The minimum absolute atomic E-state index is 0.0631. The highest BCUT2D eigenvalue weighted by Crippen LogP contribution is 2.32. The first-order chi connectivity index (χ1) is 12.7. The van der Waals surface area contributed by atoms with Gasteiger partial charge in [-0.1, -0.05) is 12.1 Å². The molecular formula is C19H19F2NO4S. The molecule has 1 amide bonds. The Hall–Kier alpha value is -2.48. The molecule has 0 unspecified atom stereocenters. The zero-order valence-corrected chi connectivity index (χ0v) is 15.5. The fourth-order valence-corrected chi connectivity index (χ4v) is 4.00. The lowest BCUT2D eigenvalue weighted by Gasteiger charge is -2.30. The summed E-state index contributed by atoms with van der Waals surface area (Å²) in [5.74, 6) is -0.332. The van der Waals surface area contributed by atoms with Crippen molar-refractivity contribution < 1.29 is 26.7 Å². The Balaban J connectivity index is 1.88. The molecule has 27 heavy (non-hydrogen) atoms. The van der Waals surface area contributed by atoms with Crippen molar-refractivity contribution >= 4 is 21.4 Å². The largest absolute Gasteiger partial charge is 0.435 e. The van der Waals surface area contributed by atoms with Crippen LogP contribution >= 0.6 is 0 Å². The van der Waals surface area contributed by atoms with Crippen LogP contribution in [0, 0.1) is 0 Å². The van der Waals surface area contributed by atoms with Crippen LogP contribution in [0.15, 0.2) is 42.5 Å². The van der Waals surface area contributed by atoms with Crippen LogP contribution in [0.4, 0.5) is 14.5 Å². The molecule has 1 heterocycles. The molecule has 0 saturated heterocycles. The third-order valence-electron chi connectivity index (χ3n) is 4.24. The maximum atomic E-state index is 13.0. The standard InChI is InChI=1S/C19H19F2NO4S/c1-27(24,25)12-13-4-2-5-15(10-13)18(23)22-9-3-6-14-11-16(26-19(20)21)7-8-17(14)22/h2,4-5,7-8,10-11,19H,3,6,9,12H2,1H3. The van der Waals surface area contributed by atoms with Crippen molar-refractivity contribution in [2.24, 2.45) is 0 Å². The highest BCUT2D eigenvalue weighted by Gasteiger charge is 2.24. The van der Waals surface area contributed by atoms with Crippen LogP contribution in [0.2, 0.25) is 0 Å². The first kappa shape index (κ1) is 19.3. The average Bonchev–Trinajstić information content (AvgIpc) is 2.58. The van der Waals surface area contributed by atoms with Crippen molar-refractivity contribution in [3.63, 3.8) is 0 Å². The van der Waals surface area contributed by atoms with Crippen molar-refractivity contribution in [3.8, 4) is 5.75 Å². The predicted molar refractivity (Wildman–Crippen MR) is 98.1 cm³/mol. The molecule has 0 spiro atoms. The number of ether oxygens (including phenoxy) is 1. The Morgan fingerprint density at radius 1 is 1.22 bits per heavy atom. The number of benzene rings is 2. The fraction of sp³-hybridized carbons (Fsp3) is 0.316. The van der Waals surface area contributed by atoms with Crippen LogP contribution in [-0.4, -0.2) is 33.7 Å². The molecule has 144 valence electrons. The van der Waals surface area contributed by atoms with Crippen molar-refractivity contribution in [1.29, 1.82) is 0 Å². The quantitative estimate of drug-likeness (QED) is 0.778. The molecule has 0 aromatic heterocycles. The number of hydrogen-bond acceptors (Lipinski definition) is 4. The summed E-state index contributed by atoms with van der Waals surface area (Å²) >= 11 is 0. The van der Waals surface area contributed by atoms with Gasteiger partial charge in [-0.3, -0.25) is 4.79 Å². The molecule has 0 N–H and O–H groups in total. The maximum absolute atomic E-state index is 13.0. The summed E-state index contributed by atoms with van der Waals surface area (Å²) in [6.45, 7) is -2.40. The van der Waals surface area contributed by atoms with Gasteiger partial charge in [0, 0.05) is 24.1 Å². The highest BCUT2D eigenvalue weighted by atomic mass is 32.2. The second-order valence-electron chi connectivity index (χ2n) is 6.50. The number of rotatable bonds is 5. The lowest BCUT2D eigenvalue weighted by molar-refractivity contribution is -0.0498. The molecule has 5 nitrogen and oxygen atoms in total. The Morgan fingerprint density at radius 3 is 2.70 bits per heavy atom. The summed E-state index contributed by atoms with van der Waals surface area (Å²) in [5.41, 5.74) is 2.35. The summed E-state index contributed by atoms with van der Waals surface area (Å²) in [7, 11) is -3.21. The molecule has 3 rings (SSSR count). The predicted octanol–water partition coefficient (Wildman–Crippen LogP) is 3.43. The van der Waals surface area contributed by atoms with Gasteiger partial charge in [-0.2, -0.15) is 8.78 Å².